The number of rotatable bonds is 4. The van der Waals surface area contributed by atoms with Gasteiger partial charge in [-0.05, 0) is 12.1 Å². The molecule has 1 aromatic carbocycles. The minimum atomic E-state index is -0.431. The van der Waals surface area contributed by atoms with E-state index in [1.54, 1.807) is 0 Å². The highest BCUT2D eigenvalue weighted by molar-refractivity contribution is 5.48. The van der Waals surface area contributed by atoms with Crippen molar-refractivity contribution < 1.29 is 13.3 Å². The topological polar surface area (TPSA) is 71.4 Å². The lowest BCUT2D eigenvalue weighted by Gasteiger charge is -2.35. The first-order valence-corrected chi connectivity index (χ1v) is 7.09. The number of hydrogen-bond acceptors (Lipinski definition) is 6. The van der Waals surface area contributed by atoms with Crippen LogP contribution in [0.15, 0.2) is 22.7 Å². The van der Waals surface area contributed by atoms with Crippen LogP contribution in [0.5, 0.6) is 0 Å². The second-order valence-electron chi connectivity index (χ2n) is 5.17. The van der Waals surface area contributed by atoms with Gasteiger partial charge in [-0.2, -0.15) is 4.98 Å². The Labute approximate surface area is 126 Å². The summed E-state index contributed by atoms with van der Waals surface area (Å²) in [5.41, 5.74) is 5.73. The molecule has 0 saturated carbocycles. The maximum atomic E-state index is 13.8. The average molecular weight is 309 g/mol. The van der Waals surface area contributed by atoms with Crippen molar-refractivity contribution in [3.05, 3.63) is 41.5 Å². The predicted octanol–water partition coefficient (Wildman–Crippen LogP) is 1.13. The maximum Gasteiger partial charge on any atom is 0.240 e. The van der Waals surface area contributed by atoms with Gasteiger partial charge in [0.1, 0.15) is 11.6 Å². The largest absolute Gasteiger partial charge is 0.367 e. The van der Waals surface area contributed by atoms with Crippen LogP contribution in [0, 0.1) is 11.6 Å². The number of nitrogens with two attached hydrogens (primary N) is 1. The summed E-state index contributed by atoms with van der Waals surface area (Å²) in [6.45, 7) is 3.43. The van der Waals surface area contributed by atoms with Gasteiger partial charge in [-0.15, -0.1) is 0 Å². The van der Waals surface area contributed by atoms with E-state index in [-0.39, 0.29) is 6.54 Å². The molecule has 1 saturated heterocycles. The van der Waals surface area contributed by atoms with E-state index in [4.69, 9.17) is 10.3 Å². The Morgan fingerprint density at radius 2 is 1.95 bits per heavy atom. The van der Waals surface area contributed by atoms with Crippen molar-refractivity contribution in [1.82, 2.24) is 15.0 Å². The fourth-order valence-electron chi connectivity index (χ4n) is 2.51. The molecule has 2 N–H and O–H groups in total. The molecule has 6 nitrogen and oxygen atoms in total. The molecule has 0 spiro atoms. The number of piperazine rings is 1. The Morgan fingerprint density at radius 3 is 2.64 bits per heavy atom. The molecule has 118 valence electrons. The van der Waals surface area contributed by atoms with E-state index in [0.29, 0.717) is 50.1 Å². The van der Waals surface area contributed by atoms with Gasteiger partial charge in [-0.3, -0.25) is 4.90 Å². The molecule has 8 heteroatoms. The zero-order valence-electron chi connectivity index (χ0n) is 12.0. The van der Waals surface area contributed by atoms with Crippen LogP contribution in [0.25, 0.3) is 0 Å². The molecule has 22 heavy (non-hydrogen) atoms. The van der Waals surface area contributed by atoms with Crippen LogP contribution in [0.4, 0.5) is 14.5 Å². The highest BCUT2D eigenvalue weighted by atomic mass is 19.1. The zero-order valence-corrected chi connectivity index (χ0v) is 12.0. The molecular formula is C14H17F2N5O. The Bertz CT molecular complexity index is 640. The summed E-state index contributed by atoms with van der Waals surface area (Å²) in [5, 5.41) is 3.85. The highest BCUT2D eigenvalue weighted by Gasteiger charge is 2.21. The summed E-state index contributed by atoms with van der Waals surface area (Å²) in [6, 6.07) is 3.52. The number of halogens is 2. The lowest BCUT2D eigenvalue weighted by atomic mass is 10.2. The van der Waals surface area contributed by atoms with Crippen molar-refractivity contribution in [2.24, 2.45) is 5.73 Å². The molecule has 0 atom stereocenters. The summed E-state index contributed by atoms with van der Waals surface area (Å²) in [4.78, 5) is 8.14. The second kappa shape index (κ2) is 6.37. The molecule has 0 bridgehead atoms. The molecule has 1 aromatic heterocycles. The van der Waals surface area contributed by atoms with Crippen LogP contribution in [0.1, 0.15) is 11.7 Å². The first-order valence-electron chi connectivity index (χ1n) is 7.09. The molecule has 2 heterocycles. The zero-order chi connectivity index (χ0) is 15.5. The average Bonchev–Trinajstić information content (AvgIpc) is 2.98. The normalized spacial score (nSPS) is 16.2. The van der Waals surface area contributed by atoms with Crippen LogP contribution in [-0.2, 0) is 13.1 Å². The Hall–Kier alpha value is -2.06. The second-order valence-corrected chi connectivity index (χ2v) is 5.17. The van der Waals surface area contributed by atoms with Crippen molar-refractivity contribution in [1.29, 1.82) is 0 Å². The van der Waals surface area contributed by atoms with Crippen LogP contribution >= 0.6 is 0 Å². The first kappa shape index (κ1) is 14.9. The minimum absolute atomic E-state index is 0.222. The Kier molecular flexibility index (Phi) is 4.30. The fraction of sp³-hybridized carbons (Fsp3) is 0.429. The summed E-state index contributed by atoms with van der Waals surface area (Å²) >= 11 is 0. The van der Waals surface area contributed by atoms with Crippen molar-refractivity contribution in [3.63, 3.8) is 0 Å². The fourth-order valence-corrected chi connectivity index (χ4v) is 2.51. The maximum absolute atomic E-state index is 13.8. The molecule has 1 aliphatic rings. The first-order chi connectivity index (χ1) is 10.7. The van der Waals surface area contributed by atoms with Crippen LogP contribution in [0.3, 0.4) is 0 Å². The SMILES string of the molecule is NCc1nc(CN2CCN(c3cc(F)ccc3F)CC2)no1. The number of nitrogens with zero attached hydrogens (tertiary/aromatic N) is 4. The molecule has 1 aliphatic heterocycles. The van der Waals surface area contributed by atoms with Crippen LogP contribution in [0.2, 0.25) is 0 Å². The molecule has 1 fully saturated rings. The van der Waals surface area contributed by atoms with Gasteiger partial charge in [0.2, 0.25) is 5.89 Å². The van der Waals surface area contributed by atoms with E-state index in [9.17, 15) is 8.78 Å². The molecule has 0 radical (unpaired) electrons. The quantitative estimate of drug-likeness (QED) is 0.913. The van der Waals surface area contributed by atoms with Crippen LogP contribution in [-0.4, -0.2) is 41.2 Å². The van der Waals surface area contributed by atoms with E-state index in [1.165, 1.54) is 6.07 Å². The van der Waals surface area contributed by atoms with E-state index >= 15 is 0 Å². The third-order valence-corrected chi connectivity index (χ3v) is 3.67. The van der Waals surface area contributed by atoms with Gasteiger partial charge in [0.05, 0.1) is 18.8 Å². The lowest BCUT2D eigenvalue weighted by molar-refractivity contribution is 0.239. The molecule has 2 aromatic rings. The van der Waals surface area contributed by atoms with Gasteiger partial charge < -0.3 is 15.2 Å². The number of benzene rings is 1. The van der Waals surface area contributed by atoms with Gasteiger partial charge in [0, 0.05) is 32.2 Å². The van der Waals surface area contributed by atoms with Gasteiger partial charge in [0.15, 0.2) is 5.82 Å². The predicted molar refractivity (Wildman–Crippen MR) is 76.0 cm³/mol. The van der Waals surface area contributed by atoms with E-state index in [2.05, 4.69) is 15.0 Å². The minimum Gasteiger partial charge on any atom is -0.367 e. The summed E-state index contributed by atoms with van der Waals surface area (Å²) < 4.78 is 32.0. The monoisotopic (exact) mass is 309 g/mol. The summed E-state index contributed by atoms with van der Waals surface area (Å²) in [5.74, 6) is 0.168. The Balaban J connectivity index is 1.59. The van der Waals surface area contributed by atoms with Crippen molar-refractivity contribution in [2.75, 3.05) is 31.1 Å². The van der Waals surface area contributed by atoms with E-state index < -0.39 is 11.6 Å². The van der Waals surface area contributed by atoms with Crippen molar-refractivity contribution >= 4 is 5.69 Å². The van der Waals surface area contributed by atoms with Gasteiger partial charge in [-0.1, -0.05) is 5.16 Å². The molecule has 0 amide bonds. The molecule has 0 aliphatic carbocycles. The van der Waals surface area contributed by atoms with Gasteiger partial charge in [-0.25, -0.2) is 8.78 Å². The summed E-state index contributed by atoms with van der Waals surface area (Å²) in [7, 11) is 0. The summed E-state index contributed by atoms with van der Waals surface area (Å²) in [6.07, 6.45) is 0. The van der Waals surface area contributed by atoms with E-state index in [1.807, 2.05) is 4.90 Å². The smallest absolute Gasteiger partial charge is 0.240 e. The standard InChI is InChI=1S/C14H17F2N5O/c15-10-1-2-11(16)12(7-10)21-5-3-20(4-6-21)9-13-18-14(8-17)22-19-13/h1-2,7H,3-6,8-9,17H2. The van der Waals surface area contributed by atoms with Gasteiger partial charge in [0.25, 0.3) is 0 Å². The third kappa shape index (κ3) is 3.23. The Morgan fingerprint density at radius 1 is 1.18 bits per heavy atom. The number of hydrogen-bond donors (Lipinski definition) is 1. The van der Waals surface area contributed by atoms with Crippen molar-refractivity contribution in [3.8, 4) is 0 Å². The molecular weight excluding hydrogens is 292 g/mol. The highest BCUT2D eigenvalue weighted by Crippen LogP contribution is 2.22. The van der Waals surface area contributed by atoms with Gasteiger partial charge >= 0.3 is 0 Å². The molecule has 3 rings (SSSR count). The number of anilines is 1. The number of aromatic nitrogens is 2. The van der Waals surface area contributed by atoms with Crippen LogP contribution < -0.4 is 10.6 Å². The van der Waals surface area contributed by atoms with Crippen molar-refractivity contribution in [2.45, 2.75) is 13.1 Å². The lowest BCUT2D eigenvalue weighted by Crippen LogP contribution is -2.46. The third-order valence-electron chi connectivity index (χ3n) is 3.67. The van der Waals surface area contributed by atoms with E-state index in [0.717, 1.165) is 12.1 Å². The molecule has 0 unspecified atom stereocenters.